The lowest BCUT2D eigenvalue weighted by molar-refractivity contribution is 0.0594. The summed E-state index contributed by atoms with van der Waals surface area (Å²) in [6, 6.07) is 0. The third-order valence-corrected chi connectivity index (χ3v) is 2.60. The van der Waals surface area contributed by atoms with Crippen molar-refractivity contribution in [3.63, 3.8) is 0 Å². The van der Waals surface area contributed by atoms with Crippen LogP contribution < -0.4 is 5.73 Å². The number of nitrogens with zero attached hydrogens (tertiary/aromatic N) is 2. The smallest absolute Gasteiger partial charge is 0.360 e. The maximum absolute atomic E-state index is 11.2. The molecule has 2 N–H and O–H groups in total. The Labute approximate surface area is 93.0 Å². The van der Waals surface area contributed by atoms with E-state index in [1.165, 1.54) is 7.11 Å². The zero-order valence-electron chi connectivity index (χ0n) is 8.90. The highest BCUT2D eigenvalue weighted by Crippen LogP contribution is 2.10. The van der Waals surface area contributed by atoms with E-state index in [1.54, 1.807) is 22.6 Å². The van der Waals surface area contributed by atoms with Crippen molar-refractivity contribution in [3.8, 4) is 0 Å². The Morgan fingerprint density at radius 3 is 3.07 bits per heavy atom. The van der Waals surface area contributed by atoms with Gasteiger partial charge in [-0.05, 0) is 18.4 Å². The fourth-order valence-electron chi connectivity index (χ4n) is 1.18. The number of rotatable bonds is 5. The van der Waals surface area contributed by atoms with E-state index in [9.17, 15) is 4.79 Å². The Morgan fingerprint density at radius 1 is 1.73 bits per heavy atom. The van der Waals surface area contributed by atoms with Crippen LogP contribution in [0.15, 0.2) is 6.20 Å². The highest BCUT2D eigenvalue weighted by atomic mass is 32.2. The van der Waals surface area contributed by atoms with E-state index < -0.39 is 5.97 Å². The maximum atomic E-state index is 11.2. The molecule has 15 heavy (non-hydrogen) atoms. The number of methoxy groups -OCH3 is 1. The van der Waals surface area contributed by atoms with Crippen molar-refractivity contribution in [1.29, 1.82) is 0 Å². The normalized spacial score (nSPS) is 10.3. The number of nitrogens with two attached hydrogens (primary N) is 1. The van der Waals surface area contributed by atoms with Gasteiger partial charge >= 0.3 is 5.97 Å². The average Bonchev–Trinajstić information content (AvgIpc) is 2.59. The van der Waals surface area contributed by atoms with Crippen LogP contribution in [0.3, 0.4) is 0 Å². The topological polar surface area (TPSA) is 70.1 Å². The Hall–Kier alpha value is -1.17. The summed E-state index contributed by atoms with van der Waals surface area (Å²) in [6.07, 6.45) is 4.72. The number of ether oxygens (including phenoxy) is 1. The van der Waals surface area contributed by atoms with E-state index in [-0.39, 0.29) is 5.69 Å². The molecule has 1 aromatic rings. The van der Waals surface area contributed by atoms with Gasteiger partial charge < -0.3 is 10.5 Å². The minimum Gasteiger partial charge on any atom is -0.464 e. The second-order valence-corrected chi connectivity index (χ2v) is 4.02. The maximum Gasteiger partial charge on any atom is 0.360 e. The minimum absolute atomic E-state index is 0.196. The van der Waals surface area contributed by atoms with E-state index >= 15 is 0 Å². The molecule has 5 nitrogen and oxygen atoms in total. The van der Waals surface area contributed by atoms with Crippen LogP contribution in [-0.2, 0) is 11.3 Å². The molecule has 1 rings (SSSR count). The van der Waals surface area contributed by atoms with E-state index in [0.29, 0.717) is 5.69 Å². The van der Waals surface area contributed by atoms with Crippen LogP contribution in [0.5, 0.6) is 0 Å². The van der Waals surface area contributed by atoms with Gasteiger partial charge in [0.05, 0.1) is 12.8 Å². The summed E-state index contributed by atoms with van der Waals surface area (Å²) < 4.78 is 6.24. The standard InChI is InChI=1S/C9H15N3O2S/c1-14-9(13)8-7(10)6-12(11-8)4-3-5-15-2/h6H,3-5,10H2,1-2H3. The first-order valence-corrected chi connectivity index (χ1v) is 5.98. The van der Waals surface area contributed by atoms with Crippen molar-refractivity contribution in [1.82, 2.24) is 9.78 Å². The first-order chi connectivity index (χ1) is 7.19. The van der Waals surface area contributed by atoms with E-state index in [0.717, 1.165) is 18.7 Å². The predicted octanol–water partition coefficient (Wildman–Crippen LogP) is 1.00. The van der Waals surface area contributed by atoms with Gasteiger partial charge in [-0.1, -0.05) is 0 Å². The molecule has 84 valence electrons. The average molecular weight is 229 g/mol. The van der Waals surface area contributed by atoms with Gasteiger partial charge in [0.2, 0.25) is 0 Å². The summed E-state index contributed by atoms with van der Waals surface area (Å²) in [7, 11) is 1.31. The zero-order valence-corrected chi connectivity index (χ0v) is 9.71. The van der Waals surface area contributed by atoms with Gasteiger partial charge in [-0.3, -0.25) is 4.68 Å². The second kappa shape index (κ2) is 5.65. The Bertz CT molecular complexity index is 338. The number of esters is 1. The number of carbonyl (C=O) groups is 1. The summed E-state index contributed by atoms with van der Waals surface area (Å²) in [4.78, 5) is 11.2. The van der Waals surface area contributed by atoms with E-state index in [1.807, 2.05) is 0 Å². The van der Waals surface area contributed by atoms with Crippen molar-refractivity contribution < 1.29 is 9.53 Å². The summed E-state index contributed by atoms with van der Waals surface area (Å²) >= 11 is 1.78. The summed E-state index contributed by atoms with van der Waals surface area (Å²) in [5, 5.41) is 4.06. The van der Waals surface area contributed by atoms with Gasteiger partial charge in [-0.15, -0.1) is 0 Å². The molecular formula is C9H15N3O2S. The van der Waals surface area contributed by atoms with E-state index in [2.05, 4.69) is 16.1 Å². The molecule has 0 fully saturated rings. The third-order valence-electron chi connectivity index (χ3n) is 1.90. The molecule has 6 heteroatoms. The van der Waals surface area contributed by atoms with Crippen molar-refractivity contribution in [2.24, 2.45) is 0 Å². The molecule has 0 saturated heterocycles. The lowest BCUT2D eigenvalue weighted by Crippen LogP contribution is -2.06. The SMILES string of the molecule is COC(=O)c1nn(CCCSC)cc1N. The fourth-order valence-corrected chi connectivity index (χ4v) is 1.60. The van der Waals surface area contributed by atoms with Crippen molar-refractivity contribution >= 4 is 23.4 Å². The molecule has 0 aliphatic rings. The van der Waals surface area contributed by atoms with Gasteiger partial charge in [0.15, 0.2) is 5.69 Å². The molecular weight excluding hydrogens is 214 g/mol. The minimum atomic E-state index is -0.490. The summed E-state index contributed by atoms with van der Waals surface area (Å²) in [6.45, 7) is 0.766. The molecule has 0 atom stereocenters. The molecule has 0 aromatic carbocycles. The zero-order chi connectivity index (χ0) is 11.3. The Balaban J connectivity index is 2.64. The quantitative estimate of drug-likeness (QED) is 0.602. The van der Waals surface area contributed by atoms with Crippen molar-refractivity contribution in [2.75, 3.05) is 24.9 Å². The third kappa shape index (κ3) is 3.16. The van der Waals surface area contributed by atoms with Crippen LogP contribution in [0, 0.1) is 0 Å². The number of hydrogen-bond donors (Lipinski definition) is 1. The molecule has 0 aliphatic heterocycles. The Kier molecular flexibility index (Phi) is 4.48. The molecule has 1 aromatic heterocycles. The lowest BCUT2D eigenvalue weighted by atomic mass is 10.4. The first-order valence-electron chi connectivity index (χ1n) is 4.59. The van der Waals surface area contributed by atoms with Crippen LogP contribution in [0.4, 0.5) is 5.69 Å². The second-order valence-electron chi connectivity index (χ2n) is 3.03. The van der Waals surface area contributed by atoms with E-state index in [4.69, 9.17) is 5.73 Å². The van der Waals surface area contributed by atoms with Crippen LogP contribution >= 0.6 is 11.8 Å². The number of anilines is 1. The monoisotopic (exact) mass is 229 g/mol. The van der Waals surface area contributed by atoms with Crippen molar-refractivity contribution in [3.05, 3.63) is 11.9 Å². The molecule has 0 radical (unpaired) electrons. The Morgan fingerprint density at radius 2 is 2.47 bits per heavy atom. The number of hydrogen-bond acceptors (Lipinski definition) is 5. The molecule has 0 bridgehead atoms. The van der Waals surface area contributed by atoms with Gasteiger partial charge in [0.1, 0.15) is 0 Å². The molecule has 0 spiro atoms. The molecule has 0 saturated carbocycles. The molecule has 0 amide bonds. The van der Waals surface area contributed by atoms with Crippen LogP contribution in [0.2, 0.25) is 0 Å². The highest BCUT2D eigenvalue weighted by molar-refractivity contribution is 7.98. The van der Waals surface area contributed by atoms with Gasteiger partial charge in [-0.25, -0.2) is 4.79 Å². The number of thioether (sulfide) groups is 1. The van der Waals surface area contributed by atoms with Gasteiger partial charge in [-0.2, -0.15) is 16.9 Å². The molecule has 1 heterocycles. The lowest BCUT2D eigenvalue weighted by Gasteiger charge is -1.98. The van der Waals surface area contributed by atoms with Crippen LogP contribution in [-0.4, -0.2) is 34.9 Å². The number of carbonyl (C=O) groups excluding carboxylic acids is 1. The van der Waals surface area contributed by atoms with Gasteiger partial charge in [0, 0.05) is 12.7 Å². The predicted molar refractivity (Wildman–Crippen MR) is 61.0 cm³/mol. The molecule has 0 aliphatic carbocycles. The van der Waals surface area contributed by atoms with Crippen LogP contribution in [0.25, 0.3) is 0 Å². The first kappa shape index (κ1) is 11.9. The number of aryl methyl sites for hydroxylation is 1. The molecule has 0 unspecified atom stereocenters. The highest BCUT2D eigenvalue weighted by Gasteiger charge is 2.14. The number of nitrogen functional groups attached to an aromatic ring is 1. The van der Waals surface area contributed by atoms with Gasteiger partial charge in [0.25, 0.3) is 0 Å². The largest absolute Gasteiger partial charge is 0.464 e. The fraction of sp³-hybridized carbons (Fsp3) is 0.556. The summed E-state index contributed by atoms with van der Waals surface area (Å²) in [5.74, 6) is 0.573. The van der Waals surface area contributed by atoms with Crippen LogP contribution in [0.1, 0.15) is 16.9 Å². The van der Waals surface area contributed by atoms with Crippen molar-refractivity contribution in [2.45, 2.75) is 13.0 Å². The summed E-state index contributed by atoms with van der Waals surface area (Å²) in [5.41, 5.74) is 6.20. The number of aromatic nitrogens is 2.